The smallest absolute Gasteiger partial charge is 0.335 e. The van der Waals surface area contributed by atoms with Crippen molar-refractivity contribution in [2.75, 3.05) is 13.6 Å². The molecule has 88 valence electrons. The van der Waals surface area contributed by atoms with Crippen LogP contribution in [0.2, 0.25) is 0 Å². The van der Waals surface area contributed by atoms with Gasteiger partial charge in [-0.3, -0.25) is 4.90 Å². The first-order valence-corrected chi connectivity index (χ1v) is 5.69. The molecule has 4 heteroatoms. The highest BCUT2D eigenvalue weighted by Gasteiger charge is 2.16. The fraction of sp³-hybridized carbons (Fsp3) is 0.308. The van der Waals surface area contributed by atoms with Crippen LogP contribution in [-0.2, 0) is 13.1 Å². The Bertz CT molecular complexity index is 601. The van der Waals surface area contributed by atoms with Crippen LogP contribution in [0.5, 0.6) is 0 Å². The summed E-state index contributed by atoms with van der Waals surface area (Å²) < 4.78 is 2.22. The van der Waals surface area contributed by atoms with Gasteiger partial charge in [0.25, 0.3) is 0 Å². The van der Waals surface area contributed by atoms with Crippen molar-refractivity contribution in [3.8, 4) is 0 Å². The molecule has 0 saturated carbocycles. The summed E-state index contributed by atoms with van der Waals surface area (Å²) in [6.07, 6.45) is 0. The molecule has 0 spiro atoms. The second-order valence-electron chi connectivity index (χ2n) is 4.60. The quantitative estimate of drug-likeness (QED) is 0.812. The van der Waals surface area contributed by atoms with E-state index in [2.05, 4.69) is 22.6 Å². The molecule has 0 unspecified atom stereocenters. The van der Waals surface area contributed by atoms with Crippen molar-refractivity contribution in [1.29, 1.82) is 0 Å². The number of hydrogen-bond donors (Lipinski definition) is 1. The summed E-state index contributed by atoms with van der Waals surface area (Å²) in [4.78, 5) is 13.2. The molecule has 1 aliphatic heterocycles. The molecule has 0 saturated heterocycles. The number of aromatic nitrogens is 1. The van der Waals surface area contributed by atoms with Crippen molar-refractivity contribution in [3.05, 3.63) is 35.5 Å². The Balaban J connectivity index is 2.19. The van der Waals surface area contributed by atoms with E-state index in [-0.39, 0.29) is 0 Å². The van der Waals surface area contributed by atoms with Crippen molar-refractivity contribution in [1.82, 2.24) is 9.47 Å². The molecule has 1 N–H and O–H groups in total. The second kappa shape index (κ2) is 3.60. The number of likely N-dealkylation sites (N-methyl/N-ethyl adjacent to an activating group) is 1. The van der Waals surface area contributed by atoms with E-state index in [1.807, 2.05) is 6.07 Å². The number of aromatic carboxylic acids is 1. The van der Waals surface area contributed by atoms with Crippen LogP contribution in [0.1, 0.15) is 16.1 Å². The number of fused-ring (bicyclic) bond motifs is 3. The summed E-state index contributed by atoms with van der Waals surface area (Å²) in [5.74, 6) is -0.865. The molecular weight excluding hydrogens is 216 g/mol. The van der Waals surface area contributed by atoms with E-state index < -0.39 is 5.97 Å². The lowest BCUT2D eigenvalue weighted by molar-refractivity contribution is 0.0697. The van der Waals surface area contributed by atoms with Crippen molar-refractivity contribution >= 4 is 16.9 Å². The highest BCUT2D eigenvalue weighted by atomic mass is 16.4. The van der Waals surface area contributed by atoms with Gasteiger partial charge in [-0.1, -0.05) is 6.07 Å². The maximum atomic E-state index is 11.0. The zero-order chi connectivity index (χ0) is 12.0. The molecular formula is C13H14N2O2. The van der Waals surface area contributed by atoms with Gasteiger partial charge in [-0.25, -0.2) is 4.79 Å². The van der Waals surface area contributed by atoms with Crippen LogP contribution in [0.3, 0.4) is 0 Å². The second-order valence-corrected chi connectivity index (χ2v) is 4.60. The molecule has 17 heavy (non-hydrogen) atoms. The normalized spacial score (nSPS) is 16.1. The number of nitrogens with zero attached hydrogens (tertiary/aromatic N) is 2. The molecule has 0 atom stereocenters. The number of carbonyl (C=O) groups is 1. The minimum absolute atomic E-state index is 0.359. The Hall–Kier alpha value is -1.81. The first-order chi connectivity index (χ1) is 8.15. The van der Waals surface area contributed by atoms with E-state index in [0.29, 0.717) is 5.56 Å². The van der Waals surface area contributed by atoms with Gasteiger partial charge in [-0.05, 0) is 30.6 Å². The first-order valence-electron chi connectivity index (χ1n) is 5.69. The summed E-state index contributed by atoms with van der Waals surface area (Å²) in [7, 11) is 2.10. The molecule has 1 aromatic heterocycles. The average Bonchev–Trinajstić information content (AvgIpc) is 2.64. The monoisotopic (exact) mass is 230 g/mol. The third-order valence-electron chi connectivity index (χ3n) is 3.37. The topological polar surface area (TPSA) is 45.5 Å². The van der Waals surface area contributed by atoms with Crippen LogP contribution >= 0.6 is 0 Å². The largest absolute Gasteiger partial charge is 0.478 e. The van der Waals surface area contributed by atoms with E-state index in [4.69, 9.17) is 5.11 Å². The molecule has 0 amide bonds. The predicted octanol–water partition coefficient (Wildman–Crippen LogP) is 1.78. The van der Waals surface area contributed by atoms with E-state index in [1.165, 1.54) is 5.69 Å². The maximum absolute atomic E-state index is 11.0. The Morgan fingerprint density at radius 2 is 2.12 bits per heavy atom. The lowest BCUT2D eigenvalue weighted by atomic mass is 10.1. The minimum atomic E-state index is -0.865. The summed E-state index contributed by atoms with van der Waals surface area (Å²) in [6, 6.07) is 7.48. The average molecular weight is 230 g/mol. The van der Waals surface area contributed by atoms with Crippen molar-refractivity contribution < 1.29 is 9.90 Å². The molecule has 0 bridgehead atoms. The fourth-order valence-corrected chi connectivity index (χ4v) is 2.47. The Kier molecular flexibility index (Phi) is 2.19. The van der Waals surface area contributed by atoms with Crippen LogP contribution in [0.4, 0.5) is 0 Å². The number of carboxylic acid groups (broad SMARTS) is 1. The lowest BCUT2D eigenvalue weighted by Gasteiger charge is -2.25. The summed E-state index contributed by atoms with van der Waals surface area (Å²) >= 11 is 0. The van der Waals surface area contributed by atoms with Crippen LogP contribution in [0, 0.1) is 0 Å². The molecule has 0 radical (unpaired) electrons. The summed E-state index contributed by atoms with van der Waals surface area (Å²) in [5, 5.41) is 10.1. The number of rotatable bonds is 1. The fourth-order valence-electron chi connectivity index (χ4n) is 2.47. The number of benzene rings is 1. The SMILES string of the molecule is CN1CCn2c(cc3ccc(C(=O)O)cc32)C1. The van der Waals surface area contributed by atoms with Crippen LogP contribution in [0.15, 0.2) is 24.3 Å². The van der Waals surface area contributed by atoms with Crippen LogP contribution < -0.4 is 0 Å². The first kappa shape index (κ1) is 10.4. The lowest BCUT2D eigenvalue weighted by Crippen LogP contribution is -2.29. The third-order valence-corrected chi connectivity index (χ3v) is 3.37. The molecule has 0 fully saturated rings. The molecule has 2 aromatic rings. The van der Waals surface area contributed by atoms with Gasteiger partial charge in [-0.15, -0.1) is 0 Å². The zero-order valence-corrected chi connectivity index (χ0v) is 9.68. The molecule has 1 aliphatic rings. The summed E-state index contributed by atoms with van der Waals surface area (Å²) in [5.41, 5.74) is 2.65. The van der Waals surface area contributed by atoms with Crippen molar-refractivity contribution in [2.45, 2.75) is 13.1 Å². The third kappa shape index (κ3) is 1.61. The molecule has 4 nitrogen and oxygen atoms in total. The van der Waals surface area contributed by atoms with Crippen molar-refractivity contribution in [3.63, 3.8) is 0 Å². The standard InChI is InChI=1S/C13H14N2O2/c1-14-4-5-15-11(8-14)6-9-2-3-10(13(16)17)7-12(9)15/h2-3,6-7H,4-5,8H2,1H3,(H,16,17). The highest BCUT2D eigenvalue weighted by molar-refractivity contribution is 5.93. The van der Waals surface area contributed by atoms with Crippen LogP contribution in [-0.4, -0.2) is 34.1 Å². The molecule has 1 aromatic carbocycles. The van der Waals surface area contributed by atoms with E-state index >= 15 is 0 Å². The predicted molar refractivity (Wildman–Crippen MR) is 65.2 cm³/mol. The highest BCUT2D eigenvalue weighted by Crippen LogP contribution is 2.24. The van der Waals surface area contributed by atoms with E-state index in [0.717, 1.165) is 30.5 Å². The van der Waals surface area contributed by atoms with Crippen LogP contribution in [0.25, 0.3) is 10.9 Å². The Labute approximate surface area is 99.1 Å². The molecule has 2 heterocycles. The van der Waals surface area contributed by atoms with Gasteiger partial charge in [0.2, 0.25) is 0 Å². The molecule has 3 rings (SSSR count). The van der Waals surface area contributed by atoms with E-state index in [9.17, 15) is 4.79 Å². The number of carboxylic acids is 1. The Morgan fingerprint density at radius 3 is 2.88 bits per heavy atom. The maximum Gasteiger partial charge on any atom is 0.335 e. The van der Waals surface area contributed by atoms with Gasteiger partial charge < -0.3 is 9.67 Å². The van der Waals surface area contributed by atoms with Gasteiger partial charge in [0, 0.05) is 30.8 Å². The van der Waals surface area contributed by atoms with E-state index in [1.54, 1.807) is 12.1 Å². The zero-order valence-electron chi connectivity index (χ0n) is 9.68. The number of hydrogen-bond acceptors (Lipinski definition) is 2. The van der Waals surface area contributed by atoms with Gasteiger partial charge >= 0.3 is 5.97 Å². The van der Waals surface area contributed by atoms with Crippen molar-refractivity contribution in [2.24, 2.45) is 0 Å². The minimum Gasteiger partial charge on any atom is -0.478 e. The molecule has 0 aliphatic carbocycles. The van der Waals surface area contributed by atoms with Gasteiger partial charge in [0.15, 0.2) is 0 Å². The van der Waals surface area contributed by atoms with Gasteiger partial charge in [-0.2, -0.15) is 0 Å². The van der Waals surface area contributed by atoms with Gasteiger partial charge in [0.1, 0.15) is 0 Å². The Morgan fingerprint density at radius 1 is 1.29 bits per heavy atom. The summed E-state index contributed by atoms with van der Waals surface area (Å²) in [6.45, 7) is 2.86. The van der Waals surface area contributed by atoms with Gasteiger partial charge in [0.05, 0.1) is 5.56 Å².